The third-order valence-electron chi connectivity index (χ3n) is 2.19. The number of nitrogens with one attached hydrogen (secondary N) is 1. The van der Waals surface area contributed by atoms with E-state index in [0.717, 1.165) is 0 Å². The molecule has 2 amide bonds. The highest BCUT2D eigenvalue weighted by Gasteiger charge is 2.21. The normalized spacial score (nSPS) is 11.4. The van der Waals surface area contributed by atoms with Gasteiger partial charge in [0.05, 0.1) is 0 Å². The Morgan fingerprint density at radius 3 is 2.33 bits per heavy atom. The number of carboxylic acid groups (broad SMARTS) is 1. The summed E-state index contributed by atoms with van der Waals surface area (Å²) in [5, 5.41) is 11.5. The summed E-state index contributed by atoms with van der Waals surface area (Å²) < 4.78 is 0. The maximum absolute atomic E-state index is 11.9. The zero-order valence-corrected chi connectivity index (χ0v) is 11.4. The van der Waals surface area contributed by atoms with Crippen molar-refractivity contribution in [2.45, 2.75) is 12.5 Å². The van der Waals surface area contributed by atoms with Gasteiger partial charge < -0.3 is 15.3 Å². The number of urea groups is 1. The molecule has 0 aliphatic carbocycles. The van der Waals surface area contributed by atoms with Gasteiger partial charge in [-0.15, -0.1) is 13.2 Å². The van der Waals surface area contributed by atoms with Crippen molar-refractivity contribution in [2.24, 2.45) is 0 Å². The van der Waals surface area contributed by atoms with Gasteiger partial charge in [0.1, 0.15) is 6.04 Å². The van der Waals surface area contributed by atoms with Crippen molar-refractivity contribution >= 4 is 23.8 Å². The molecular weight excluding hydrogens is 252 g/mol. The third-order valence-corrected chi connectivity index (χ3v) is 2.84. The Bertz CT molecular complexity index is 298. The van der Waals surface area contributed by atoms with Crippen LogP contribution in [0.2, 0.25) is 0 Å². The number of thioether (sulfide) groups is 1. The summed E-state index contributed by atoms with van der Waals surface area (Å²) in [7, 11) is 0. The van der Waals surface area contributed by atoms with E-state index < -0.39 is 18.0 Å². The van der Waals surface area contributed by atoms with E-state index in [4.69, 9.17) is 5.11 Å². The summed E-state index contributed by atoms with van der Waals surface area (Å²) in [6.07, 6.45) is 5.46. The van der Waals surface area contributed by atoms with Gasteiger partial charge in [0.15, 0.2) is 0 Å². The Morgan fingerprint density at radius 1 is 1.39 bits per heavy atom. The van der Waals surface area contributed by atoms with E-state index in [1.54, 1.807) is 23.9 Å². The van der Waals surface area contributed by atoms with E-state index >= 15 is 0 Å². The lowest BCUT2D eigenvalue weighted by atomic mass is 10.2. The van der Waals surface area contributed by atoms with Crippen molar-refractivity contribution in [3.63, 3.8) is 0 Å². The van der Waals surface area contributed by atoms with Crippen LogP contribution in [-0.2, 0) is 4.79 Å². The smallest absolute Gasteiger partial charge is 0.326 e. The number of carboxylic acids is 1. The summed E-state index contributed by atoms with van der Waals surface area (Å²) in [6.45, 7) is 7.81. The van der Waals surface area contributed by atoms with E-state index in [1.807, 2.05) is 6.26 Å². The molecule has 0 saturated heterocycles. The van der Waals surface area contributed by atoms with Gasteiger partial charge in [-0.1, -0.05) is 12.2 Å². The van der Waals surface area contributed by atoms with Crippen molar-refractivity contribution in [3.8, 4) is 0 Å². The zero-order valence-electron chi connectivity index (χ0n) is 10.6. The monoisotopic (exact) mass is 272 g/mol. The van der Waals surface area contributed by atoms with Crippen LogP contribution in [0, 0.1) is 0 Å². The van der Waals surface area contributed by atoms with Crippen LogP contribution in [0.3, 0.4) is 0 Å². The lowest BCUT2D eigenvalue weighted by Gasteiger charge is -2.22. The molecule has 18 heavy (non-hydrogen) atoms. The number of carbonyl (C=O) groups is 2. The SMILES string of the molecule is C=CCN(CC=C)C(=O)N[C@@H](CCSC)C(=O)O. The van der Waals surface area contributed by atoms with Gasteiger partial charge in [-0.3, -0.25) is 0 Å². The molecule has 0 bridgehead atoms. The van der Waals surface area contributed by atoms with Crippen LogP contribution in [-0.4, -0.2) is 53.1 Å². The van der Waals surface area contributed by atoms with E-state index in [1.165, 1.54) is 4.90 Å². The van der Waals surface area contributed by atoms with Crippen molar-refractivity contribution in [1.29, 1.82) is 0 Å². The molecule has 2 N–H and O–H groups in total. The topological polar surface area (TPSA) is 69.6 Å². The molecule has 0 aromatic carbocycles. The Balaban J connectivity index is 4.48. The average Bonchev–Trinajstić information content (AvgIpc) is 2.33. The number of hydrogen-bond donors (Lipinski definition) is 2. The number of carbonyl (C=O) groups excluding carboxylic acids is 1. The van der Waals surface area contributed by atoms with Crippen LogP contribution in [0.4, 0.5) is 4.79 Å². The van der Waals surface area contributed by atoms with E-state index in [-0.39, 0.29) is 0 Å². The maximum Gasteiger partial charge on any atom is 0.326 e. The molecule has 5 nitrogen and oxygen atoms in total. The first-order valence-corrected chi connectivity index (χ1v) is 6.95. The Kier molecular flexibility index (Phi) is 8.82. The number of nitrogens with zero attached hydrogens (tertiary/aromatic N) is 1. The second kappa shape index (κ2) is 9.58. The van der Waals surface area contributed by atoms with Gasteiger partial charge in [-0.2, -0.15) is 11.8 Å². The van der Waals surface area contributed by atoms with Crippen LogP contribution >= 0.6 is 11.8 Å². The summed E-state index contributed by atoms with van der Waals surface area (Å²) in [4.78, 5) is 24.3. The molecule has 0 saturated carbocycles. The van der Waals surface area contributed by atoms with Gasteiger partial charge >= 0.3 is 12.0 Å². The predicted molar refractivity (Wildman–Crippen MR) is 74.9 cm³/mol. The molecule has 0 aromatic rings. The van der Waals surface area contributed by atoms with Crippen LogP contribution in [0.1, 0.15) is 6.42 Å². The number of aliphatic carboxylic acids is 1. The molecule has 0 unspecified atom stereocenters. The largest absolute Gasteiger partial charge is 0.480 e. The molecule has 102 valence electrons. The fourth-order valence-corrected chi connectivity index (χ4v) is 1.76. The molecule has 0 radical (unpaired) electrons. The van der Waals surface area contributed by atoms with Crippen molar-refractivity contribution in [1.82, 2.24) is 10.2 Å². The van der Waals surface area contributed by atoms with Crippen LogP contribution < -0.4 is 5.32 Å². The Labute approximate surface area is 112 Å². The van der Waals surface area contributed by atoms with E-state index in [2.05, 4.69) is 18.5 Å². The lowest BCUT2D eigenvalue weighted by molar-refractivity contribution is -0.139. The van der Waals surface area contributed by atoms with Crippen LogP contribution in [0.25, 0.3) is 0 Å². The van der Waals surface area contributed by atoms with Crippen LogP contribution in [0.5, 0.6) is 0 Å². The quantitative estimate of drug-likeness (QED) is 0.625. The Morgan fingerprint density at radius 2 is 1.94 bits per heavy atom. The number of amides is 2. The molecule has 0 aliphatic heterocycles. The van der Waals surface area contributed by atoms with Gasteiger partial charge in [0, 0.05) is 13.1 Å². The van der Waals surface area contributed by atoms with Gasteiger partial charge in [0.2, 0.25) is 0 Å². The average molecular weight is 272 g/mol. The second-order valence-electron chi connectivity index (χ2n) is 3.60. The van der Waals surface area contributed by atoms with Crippen molar-refractivity contribution < 1.29 is 14.7 Å². The highest BCUT2D eigenvalue weighted by atomic mass is 32.2. The summed E-state index contributed by atoms with van der Waals surface area (Å²) >= 11 is 1.54. The van der Waals surface area contributed by atoms with E-state index in [0.29, 0.717) is 25.3 Å². The molecular formula is C12H20N2O3S. The Hall–Kier alpha value is -1.43. The van der Waals surface area contributed by atoms with Gasteiger partial charge in [-0.05, 0) is 18.4 Å². The van der Waals surface area contributed by atoms with Crippen LogP contribution in [0.15, 0.2) is 25.3 Å². The predicted octanol–water partition coefficient (Wildman–Crippen LogP) is 1.58. The maximum atomic E-state index is 11.9. The van der Waals surface area contributed by atoms with Gasteiger partial charge in [-0.25, -0.2) is 9.59 Å². The van der Waals surface area contributed by atoms with Gasteiger partial charge in [0.25, 0.3) is 0 Å². The minimum atomic E-state index is -1.02. The molecule has 0 rings (SSSR count). The lowest BCUT2D eigenvalue weighted by Crippen LogP contribution is -2.48. The fraction of sp³-hybridized carbons (Fsp3) is 0.500. The minimum absolute atomic E-state index is 0.354. The summed E-state index contributed by atoms with van der Waals surface area (Å²) in [5.74, 6) is -0.338. The zero-order chi connectivity index (χ0) is 14.0. The molecule has 6 heteroatoms. The standard InChI is InChI=1S/C12H20N2O3S/c1-4-7-14(8-5-2)12(17)13-10(11(15)16)6-9-18-3/h4-5,10H,1-2,6-9H2,3H3,(H,13,17)(H,15,16)/t10-/m0/s1. The summed E-state index contributed by atoms with van der Waals surface area (Å²) in [6, 6.07) is -1.27. The first kappa shape index (κ1) is 16.6. The highest BCUT2D eigenvalue weighted by molar-refractivity contribution is 7.98. The van der Waals surface area contributed by atoms with Crippen molar-refractivity contribution in [2.75, 3.05) is 25.1 Å². The molecule has 1 atom stereocenters. The molecule has 0 aliphatic rings. The molecule has 0 fully saturated rings. The van der Waals surface area contributed by atoms with Crippen molar-refractivity contribution in [3.05, 3.63) is 25.3 Å². The fourth-order valence-electron chi connectivity index (χ4n) is 1.29. The van der Waals surface area contributed by atoms with E-state index in [9.17, 15) is 9.59 Å². The third kappa shape index (κ3) is 6.34. The summed E-state index contributed by atoms with van der Waals surface area (Å²) in [5.41, 5.74) is 0. The highest BCUT2D eigenvalue weighted by Crippen LogP contribution is 2.02. The molecule has 0 heterocycles. The minimum Gasteiger partial charge on any atom is -0.480 e. The number of hydrogen-bond acceptors (Lipinski definition) is 3. The first-order valence-electron chi connectivity index (χ1n) is 5.55. The number of rotatable bonds is 9. The molecule has 0 spiro atoms. The molecule has 0 aromatic heterocycles. The first-order chi connectivity index (χ1) is 8.56. The second-order valence-corrected chi connectivity index (χ2v) is 4.59.